The Morgan fingerprint density at radius 3 is 3.31 bits per heavy atom. The van der Waals surface area contributed by atoms with E-state index < -0.39 is 0 Å². The molecule has 0 bridgehead atoms. The van der Waals surface area contributed by atoms with Crippen LogP contribution < -0.4 is 5.73 Å². The predicted octanol–water partition coefficient (Wildman–Crippen LogP) is 1.17. The number of hydrogen-bond donors (Lipinski definition) is 1. The van der Waals surface area contributed by atoms with Crippen molar-refractivity contribution >= 4 is 11.6 Å². The van der Waals surface area contributed by atoms with Crippen molar-refractivity contribution in [2.45, 2.75) is 19.3 Å². The Morgan fingerprint density at radius 2 is 2.54 bits per heavy atom. The predicted molar refractivity (Wildman–Crippen MR) is 51.2 cm³/mol. The van der Waals surface area contributed by atoms with Crippen molar-refractivity contribution in [1.29, 1.82) is 0 Å². The van der Waals surface area contributed by atoms with Crippen LogP contribution in [0.5, 0.6) is 0 Å². The SMILES string of the molecule is NC(=O)CC1CC=C2C=CN=C2C1. The molecule has 2 aliphatic rings. The first kappa shape index (κ1) is 8.23. The second kappa shape index (κ2) is 3.17. The number of aliphatic imine (C=N–C) groups is 1. The normalized spacial score (nSPS) is 25.1. The topological polar surface area (TPSA) is 55.5 Å². The molecule has 0 radical (unpaired) electrons. The number of hydrogen-bond acceptors (Lipinski definition) is 2. The molecule has 3 heteroatoms. The van der Waals surface area contributed by atoms with Crippen LogP contribution in [0, 0.1) is 5.92 Å². The molecule has 3 nitrogen and oxygen atoms in total. The highest BCUT2D eigenvalue weighted by atomic mass is 16.1. The van der Waals surface area contributed by atoms with E-state index in [1.165, 1.54) is 5.57 Å². The molecule has 2 N–H and O–H groups in total. The van der Waals surface area contributed by atoms with Gasteiger partial charge >= 0.3 is 0 Å². The van der Waals surface area contributed by atoms with Crippen molar-refractivity contribution in [2.24, 2.45) is 16.6 Å². The molecule has 1 heterocycles. The first-order valence-electron chi connectivity index (χ1n) is 4.48. The molecule has 0 aromatic carbocycles. The summed E-state index contributed by atoms with van der Waals surface area (Å²) in [7, 11) is 0. The molecule has 0 aromatic rings. The van der Waals surface area contributed by atoms with E-state index in [0.29, 0.717) is 12.3 Å². The van der Waals surface area contributed by atoms with Crippen LogP contribution in [0.25, 0.3) is 0 Å². The minimum absolute atomic E-state index is 0.214. The first-order chi connectivity index (χ1) is 6.25. The number of amides is 1. The number of primary amides is 1. The molecule has 1 amide bonds. The molecule has 0 saturated carbocycles. The maximum atomic E-state index is 10.7. The summed E-state index contributed by atoms with van der Waals surface area (Å²) in [5.74, 6) is 0.147. The highest BCUT2D eigenvalue weighted by molar-refractivity contribution is 6.05. The van der Waals surface area contributed by atoms with Gasteiger partial charge in [0.2, 0.25) is 5.91 Å². The van der Waals surface area contributed by atoms with Gasteiger partial charge in [-0.05, 0) is 30.4 Å². The lowest BCUT2D eigenvalue weighted by molar-refractivity contribution is -0.118. The number of nitrogens with zero attached hydrogens (tertiary/aromatic N) is 1. The van der Waals surface area contributed by atoms with E-state index in [2.05, 4.69) is 11.1 Å². The zero-order valence-corrected chi connectivity index (χ0v) is 7.36. The summed E-state index contributed by atoms with van der Waals surface area (Å²) in [5, 5.41) is 0. The standard InChI is InChI=1S/C10H12N2O/c11-10(13)6-7-1-2-8-3-4-12-9(8)5-7/h2-4,7H,1,5-6H2,(H2,11,13). The van der Waals surface area contributed by atoms with Crippen LogP contribution in [-0.4, -0.2) is 11.6 Å². The minimum Gasteiger partial charge on any atom is -0.370 e. The number of carbonyl (C=O) groups is 1. The van der Waals surface area contributed by atoms with E-state index in [9.17, 15) is 4.79 Å². The van der Waals surface area contributed by atoms with Gasteiger partial charge in [-0.3, -0.25) is 9.79 Å². The quantitative estimate of drug-likeness (QED) is 0.674. The highest BCUT2D eigenvalue weighted by Crippen LogP contribution is 2.27. The molecule has 1 aliphatic carbocycles. The second-order valence-corrected chi connectivity index (χ2v) is 3.53. The number of fused-ring (bicyclic) bond motifs is 1. The molecule has 13 heavy (non-hydrogen) atoms. The smallest absolute Gasteiger partial charge is 0.217 e. The minimum atomic E-state index is -0.214. The lowest BCUT2D eigenvalue weighted by atomic mass is 9.86. The van der Waals surface area contributed by atoms with Gasteiger partial charge in [0.05, 0.1) is 0 Å². The van der Waals surface area contributed by atoms with Gasteiger partial charge in [0.1, 0.15) is 0 Å². The Hall–Kier alpha value is -1.38. The summed E-state index contributed by atoms with van der Waals surface area (Å²) >= 11 is 0. The van der Waals surface area contributed by atoms with E-state index in [1.807, 2.05) is 12.3 Å². The van der Waals surface area contributed by atoms with Gasteiger partial charge in [-0.2, -0.15) is 0 Å². The fourth-order valence-electron chi connectivity index (χ4n) is 1.83. The average molecular weight is 176 g/mol. The lowest BCUT2D eigenvalue weighted by Gasteiger charge is -2.18. The van der Waals surface area contributed by atoms with Crippen molar-refractivity contribution in [2.75, 3.05) is 0 Å². The summed E-state index contributed by atoms with van der Waals surface area (Å²) in [6.45, 7) is 0. The first-order valence-corrected chi connectivity index (χ1v) is 4.48. The Morgan fingerprint density at radius 1 is 1.69 bits per heavy atom. The maximum Gasteiger partial charge on any atom is 0.217 e. The van der Waals surface area contributed by atoms with Crippen LogP contribution in [0.2, 0.25) is 0 Å². The molecular formula is C10H12N2O. The van der Waals surface area contributed by atoms with Gasteiger partial charge in [0.25, 0.3) is 0 Å². The fraction of sp³-hybridized carbons (Fsp3) is 0.400. The molecule has 0 saturated heterocycles. The fourth-order valence-corrected chi connectivity index (χ4v) is 1.83. The Kier molecular flexibility index (Phi) is 2.00. The summed E-state index contributed by atoms with van der Waals surface area (Å²) in [5.41, 5.74) is 7.48. The van der Waals surface area contributed by atoms with E-state index in [1.54, 1.807) is 0 Å². The van der Waals surface area contributed by atoms with Gasteiger partial charge in [-0.1, -0.05) is 6.08 Å². The Balaban J connectivity index is 2.05. The van der Waals surface area contributed by atoms with Crippen molar-refractivity contribution in [3.05, 3.63) is 23.9 Å². The van der Waals surface area contributed by atoms with Crippen molar-refractivity contribution < 1.29 is 4.79 Å². The number of nitrogens with two attached hydrogens (primary N) is 1. The Labute approximate surface area is 77.0 Å². The van der Waals surface area contributed by atoms with Crippen LogP contribution >= 0.6 is 0 Å². The second-order valence-electron chi connectivity index (χ2n) is 3.53. The molecule has 1 aliphatic heterocycles. The van der Waals surface area contributed by atoms with Crippen molar-refractivity contribution in [1.82, 2.24) is 0 Å². The third-order valence-electron chi connectivity index (χ3n) is 2.46. The molecule has 0 fully saturated rings. The molecule has 0 spiro atoms. The summed E-state index contributed by atoms with van der Waals surface area (Å²) in [4.78, 5) is 14.9. The maximum absolute atomic E-state index is 10.7. The Bertz CT molecular complexity index is 326. The van der Waals surface area contributed by atoms with E-state index in [0.717, 1.165) is 18.6 Å². The van der Waals surface area contributed by atoms with Gasteiger partial charge in [0.15, 0.2) is 0 Å². The largest absolute Gasteiger partial charge is 0.370 e. The van der Waals surface area contributed by atoms with Crippen LogP contribution in [0.1, 0.15) is 19.3 Å². The summed E-state index contributed by atoms with van der Waals surface area (Å²) < 4.78 is 0. The van der Waals surface area contributed by atoms with Gasteiger partial charge in [0, 0.05) is 18.3 Å². The molecular weight excluding hydrogens is 164 g/mol. The third-order valence-corrected chi connectivity index (χ3v) is 2.46. The molecule has 2 rings (SSSR count). The molecule has 68 valence electrons. The number of rotatable bonds is 2. The van der Waals surface area contributed by atoms with E-state index in [4.69, 9.17) is 5.73 Å². The van der Waals surface area contributed by atoms with Gasteiger partial charge in [-0.15, -0.1) is 0 Å². The molecule has 1 unspecified atom stereocenters. The molecule has 0 aromatic heterocycles. The van der Waals surface area contributed by atoms with Crippen LogP contribution in [0.3, 0.4) is 0 Å². The molecule has 1 atom stereocenters. The monoisotopic (exact) mass is 176 g/mol. The zero-order valence-electron chi connectivity index (χ0n) is 7.36. The van der Waals surface area contributed by atoms with E-state index in [-0.39, 0.29) is 5.91 Å². The van der Waals surface area contributed by atoms with Crippen LogP contribution in [0.4, 0.5) is 0 Å². The van der Waals surface area contributed by atoms with E-state index >= 15 is 0 Å². The van der Waals surface area contributed by atoms with Gasteiger partial charge < -0.3 is 5.73 Å². The van der Waals surface area contributed by atoms with Crippen molar-refractivity contribution in [3.63, 3.8) is 0 Å². The third kappa shape index (κ3) is 1.69. The number of carbonyl (C=O) groups excluding carboxylic acids is 1. The van der Waals surface area contributed by atoms with Crippen molar-refractivity contribution in [3.8, 4) is 0 Å². The van der Waals surface area contributed by atoms with Crippen LogP contribution in [-0.2, 0) is 4.79 Å². The lowest BCUT2D eigenvalue weighted by Crippen LogP contribution is -2.20. The highest BCUT2D eigenvalue weighted by Gasteiger charge is 2.21. The zero-order chi connectivity index (χ0) is 9.26. The number of allylic oxidation sites excluding steroid dienone is 3. The van der Waals surface area contributed by atoms with Gasteiger partial charge in [-0.25, -0.2) is 0 Å². The summed E-state index contributed by atoms with van der Waals surface area (Å²) in [6, 6.07) is 0. The average Bonchev–Trinajstić information content (AvgIpc) is 2.49. The van der Waals surface area contributed by atoms with Crippen LogP contribution in [0.15, 0.2) is 28.9 Å². The summed E-state index contributed by atoms with van der Waals surface area (Å²) in [6.07, 6.45) is 8.27.